The fourth-order valence-corrected chi connectivity index (χ4v) is 3.45. The number of imide groups is 1. The maximum atomic E-state index is 12.5. The molecule has 4 heteroatoms. The third kappa shape index (κ3) is 1.27. The van der Waals surface area contributed by atoms with E-state index in [4.69, 9.17) is 4.74 Å². The zero-order valence-electron chi connectivity index (χ0n) is 10.7. The van der Waals surface area contributed by atoms with Gasteiger partial charge in [-0.3, -0.25) is 14.5 Å². The van der Waals surface area contributed by atoms with Crippen LogP contribution in [0.3, 0.4) is 0 Å². The number of nitrogens with zero attached hydrogens (tertiary/aromatic N) is 1. The summed E-state index contributed by atoms with van der Waals surface area (Å²) in [6, 6.07) is 0. The van der Waals surface area contributed by atoms with Gasteiger partial charge in [-0.05, 0) is 18.3 Å². The topological polar surface area (TPSA) is 49.9 Å². The third-order valence-corrected chi connectivity index (χ3v) is 5.30. The standard InChI is InChI=1S/C13H19NO3/c1-12(2)9-4-5-13(12,3)11(16)14(10(9)15)6-8-7-17-8/h8-9H,4-7H2,1-3H3/t8-,9+,13-/m1/s1. The molecular weight excluding hydrogens is 218 g/mol. The first-order valence-corrected chi connectivity index (χ1v) is 6.35. The Morgan fingerprint density at radius 3 is 2.59 bits per heavy atom. The molecule has 2 amide bonds. The summed E-state index contributed by atoms with van der Waals surface area (Å²) in [5.74, 6) is 0.0335. The molecular formula is C13H19NO3. The number of fused-ring (bicyclic) bond motifs is 2. The molecule has 3 atom stereocenters. The highest BCUT2D eigenvalue weighted by Crippen LogP contribution is 2.60. The molecule has 3 fully saturated rings. The number of likely N-dealkylation sites (tertiary alicyclic amines) is 1. The van der Waals surface area contributed by atoms with Gasteiger partial charge in [-0.15, -0.1) is 0 Å². The molecule has 3 aliphatic rings. The van der Waals surface area contributed by atoms with Crippen LogP contribution in [0.1, 0.15) is 33.6 Å². The molecule has 0 aromatic heterocycles. The van der Waals surface area contributed by atoms with Crippen molar-refractivity contribution in [3.8, 4) is 0 Å². The van der Waals surface area contributed by atoms with E-state index in [1.165, 1.54) is 4.90 Å². The Morgan fingerprint density at radius 1 is 1.35 bits per heavy atom. The van der Waals surface area contributed by atoms with Gasteiger partial charge in [-0.1, -0.05) is 20.8 Å². The second-order valence-corrected chi connectivity index (χ2v) is 6.35. The van der Waals surface area contributed by atoms with E-state index < -0.39 is 0 Å². The number of hydrogen-bond acceptors (Lipinski definition) is 3. The van der Waals surface area contributed by atoms with Crippen LogP contribution < -0.4 is 0 Å². The van der Waals surface area contributed by atoms with Crippen LogP contribution in [-0.4, -0.2) is 36.0 Å². The molecule has 94 valence electrons. The second-order valence-electron chi connectivity index (χ2n) is 6.35. The van der Waals surface area contributed by atoms with Crippen LogP contribution in [0.4, 0.5) is 0 Å². The minimum Gasteiger partial charge on any atom is -0.371 e. The van der Waals surface area contributed by atoms with Crippen LogP contribution in [0.25, 0.3) is 0 Å². The number of rotatable bonds is 2. The Bertz CT molecular complexity index is 399. The van der Waals surface area contributed by atoms with E-state index in [1.807, 2.05) is 6.92 Å². The van der Waals surface area contributed by atoms with Gasteiger partial charge in [0.25, 0.3) is 0 Å². The lowest BCUT2D eigenvalue weighted by Crippen LogP contribution is -2.59. The predicted molar refractivity (Wildman–Crippen MR) is 61.1 cm³/mol. The van der Waals surface area contributed by atoms with Crippen molar-refractivity contribution in [2.24, 2.45) is 16.7 Å². The van der Waals surface area contributed by atoms with Gasteiger partial charge < -0.3 is 4.74 Å². The molecule has 0 N–H and O–H groups in total. The summed E-state index contributed by atoms with van der Waals surface area (Å²) in [7, 11) is 0. The zero-order chi connectivity index (χ0) is 12.4. The number of epoxide rings is 1. The molecule has 0 aromatic rings. The largest absolute Gasteiger partial charge is 0.371 e. The first-order chi connectivity index (χ1) is 7.88. The maximum Gasteiger partial charge on any atom is 0.235 e. The van der Waals surface area contributed by atoms with Gasteiger partial charge >= 0.3 is 0 Å². The van der Waals surface area contributed by atoms with E-state index in [-0.39, 0.29) is 34.7 Å². The van der Waals surface area contributed by atoms with Crippen LogP contribution in [0.2, 0.25) is 0 Å². The van der Waals surface area contributed by atoms with Gasteiger partial charge in [-0.2, -0.15) is 0 Å². The highest BCUT2D eigenvalue weighted by atomic mass is 16.6. The van der Waals surface area contributed by atoms with Gasteiger partial charge in [0.05, 0.1) is 24.7 Å². The van der Waals surface area contributed by atoms with E-state index in [0.29, 0.717) is 13.2 Å². The second kappa shape index (κ2) is 3.10. The fourth-order valence-electron chi connectivity index (χ4n) is 3.45. The monoisotopic (exact) mass is 237 g/mol. The van der Waals surface area contributed by atoms with Crippen molar-refractivity contribution in [3.05, 3.63) is 0 Å². The number of amides is 2. The molecule has 1 saturated carbocycles. The molecule has 2 heterocycles. The molecule has 4 nitrogen and oxygen atoms in total. The highest BCUT2D eigenvalue weighted by Gasteiger charge is 2.64. The summed E-state index contributed by atoms with van der Waals surface area (Å²) < 4.78 is 5.14. The van der Waals surface area contributed by atoms with Crippen LogP contribution in [0.5, 0.6) is 0 Å². The molecule has 0 spiro atoms. The van der Waals surface area contributed by atoms with Crippen molar-refractivity contribution in [3.63, 3.8) is 0 Å². The van der Waals surface area contributed by atoms with Crippen molar-refractivity contribution >= 4 is 11.8 Å². The van der Waals surface area contributed by atoms with Crippen LogP contribution in [0.15, 0.2) is 0 Å². The first kappa shape index (κ1) is 11.2. The van der Waals surface area contributed by atoms with Gasteiger partial charge in [0.1, 0.15) is 0 Å². The lowest BCUT2D eigenvalue weighted by Gasteiger charge is -2.47. The van der Waals surface area contributed by atoms with Crippen LogP contribution in [-0.2, 0) is 14.3 Å². The average molecular weight is 237 g/mol. The minimum absolute atomic E-state index is 0.00366. The summed E-state index contributed by atoms with van der Waals surface area (Å²) in [4.78, 5) is 26.4. The van der Waals surface area contributed by atoms with E-state index in [0.717, 1.165) is 12.8 Å². The minimum atomic E-state index is -0.375. The Balaban J connectivity index is 1.96. The highest BCUT2D eigenvalue weighted by molar-refractivity contribution is 6.03. The summed E-state index contributed by atoms with van der Waals surface area (Å²) in [5.41, 5.74) is -0.581. The van der Waals surface area contributed by atoms with Crippen molar-refractivity contribution < 1.29 is 14.3 Å². The number of hydrogen-bond donors (Lipinski definition) is 0. The molecule has 3 rings (SSSR count). The predicted octanol–water partition coefficient (Wildman–Crippen LogP) is 1.20. The van der Waals surface area contributed by atoms with Crippen molar-refractivity contribution in [2.45, 2.75) is 39.7 Å². The molecule has 2 saturated heterocycles. The smallest absolute Gasteiger partial charge is 0.235 e. The van der Waals surface area contributed by atoms with Crippen LogP contribution in [0, 0.1) is 16.7 Å². The molecule has 0 aromatic carbocycles. The SMILES string of the molecule is CC1(C)[C@H]2CC[C@]1(C)C(=O)N(C[C@@H]1CO1)C2=O. The van der Waals surface area contributed by atoms with Crippen molar-refractivity contribution in [1.29, 1.82) is 0 Å². The Hall–Kier alpha value is -0.900. The molecule has 17 heavy (non-hydrogen) atoms. The van der Waals surface area contributed by atoms with E-state index >= 15 is 0 Å². The summed E-state index contributed by atoms with van der Waals surface area (Å²) in [6.07, 6.45) is 1.76. The molecule has 1 aliphatic carbocycles. The lowest BCUT2D eigenvalue weighted by molar-refractivity contribution is -0.168. The van der Waals surface area contributed by atoms with Gasteiger partial charge in [0.2, 0.25) is 11.8 Å². The van der Waals surface area contributed by atoms with Crippen molar-refractivity contribution in [2.75, 3.05) is 13.2 Å². The van der Waals surface area contributed by atoms with Gasteiger partial charge in [0.15, 0.2) is 0 Å². The molecule has 2 aliphatic heterocycles. The quantitative estimate of drug-likeness (QED) is 0.535. The summed E-state index contributed by atoms with van der Waals surface area (Å²) in [5, 5.41) is 0. The summed E-state index contributed by atoms with van der Waals surface area (Å²) >= 11 is 0. The Morgan fingerprint density at radius 2 is 2.00 bits per heavy atom. The van der Waals surface area contributed by atoms with E-state index in [9.17, 15) is 9.59 Å². The van der Waals surface area contributed by atoms with E-state index in [2.05, 4.69) is 13.8 Å². The number of carbonyl (C=O) groups excluding carboxylic acids is 2. The average Bonchev–Trinajstić information content (AvgIpc) is 3.03. The molecule has 0 radical (unpaired) electrons. The normalized spacial score (nSPS) is 43.1. The zero-order valence-corrected chi connectivity index (χ0v) is 10.7. The maximum absolute atomic E-state index is 12.5. The number of carbonyl (C=O) groups is 2. The molecule has 2 bridgehead atoms. The Kier molecular flexibility index (Phi) is 2.05. The van der Waals surface area contributed by atoms with Gasteiger partial charge in [0, 0.05) is 5.92 Å². The number of ether oxygens (including phenoxy) is 1. The fraction of sp³-hybridized carbons (Fsp3) is 0.846. The summed E-state index contributed by atoms with van der Waals surface area (Å²) in [6.45, 7) is 7.28. The van der Waals surface area contributed by atoms with E-state index in [1.54, 1.807) is 0 Å². The molecule has 0 unspecified atom stereocenters. The Labute approximate surface area is 101 Å². The van der Waals surface area contributed by atoms with Gasteiger partial charge in [-0.25, -0.2) is 0 Å². The third-order valence-electron chi connectivity index (χ3n) is 5.30. The lowest BCUT2D eigenvalue weighted by atomic mass is 9.62. The number of piperidine rings is 1. The van der Waals surface area contributed by atoms with Crippen LogP contribution >= 0.6 is 0 Å². The van der Waals surface area contributed by atoms with Crippen molar-refractivity contribution in [1.82, 2.24) is 4.90 Å². The first-order valence-electron chi connectivity index (χ1n) is 6.35.